The Morgan fingerprint density at radius 2 is 1.60 bits per heavy atom. The van der Waals surface area contributed by atoms with E-state index in [-0.39, 0.29) is 29.6 Å². The highest BCUT2D eigenvalue weighted by Gasteiger charge is 2.38. The third-order valence-electron chi connectivity index (χ3n) is 10.3. The van der Waals surface area contributed by atoms with E-state index < -0.39 is 47.9 Å². The van der Waals surface area contributed by atoms with Crippen molar-refractivity contribution in [1.29, 1.82) is 0 Å². The summed E-state index contributed by atoms with van der Waals surface area (Å²) in [5.41, 5.74) is 1.91. The van der Waals surface area contributed by atoms with Crippen molar-refractivity contribution in [2.24, 2.45) is 17.8 Å². The van der Waals surface area contributed by atoms with Crippen LogP contribution in [0.2, 0.25) is 0 Å². The van der Waals surface area contributed by atoms with E-state index in [1.54, 1.807) is 13.0 Å². The number of aromatic amines is 1. The smallest absolute Gasteiger partial charge is 0.257 e. The molecule has 1 aromatic carbocycles. The lowest BCUT2D eigenvalue weighted by molar-refractivity contribution is -0.139. The van der Waals surface area contributed by atoms with Crippen LogP contribution in [0, 0.1) is 17.8 Å². The fourth-order valence-corrected chi connectivity index (χ4v) is 7.76. The van der Waals surface area contributed by atoms with Crippen molar-refractivity contribution in [2.75, 3.05) is 21.2 Å². The van der Waals surface area contributed by atoms with Crippen molar-refractivity contribution in [2.45, 2.75) is 116 Å². The van der Waals surface area contributed by atoms with Crippen molar-refractivity contribution in [3.8, 4) is 0 Å². The van der Waals surface area contributed by atoms with Crippen LogP contribution in [0.4, 0.5) is 0 Å². The molecule has 2 heterocycles. The summed E-state index contributed by atoms with van der Waals surface area (Å²) in [5, 5.41) is 9.93. The van der Waals surface area contributed by atoms with Gasteiger partial charge in [0.25, 0.3) is 11.8 Å². The number of hydrogen-bond donors (Lipinski definition) is 4. The van der Waals surface area contributed by atoms with Crippen LogP contribution in [0.3, 0.4) is 0 Å². The van der Waals surface area contributed by atoms with Gasteiger partial charge in [0, 0.05) is 41.7 Å². The number of hydrogen-bond acceptors (Lipinski definition) is 7. The number of carbonyl (C=O) groups is 5. The molecule has 5 amide bonds. The lowest BCUT2D eigenvalue weighted by Gasteiger charge is -2.31. The summed E-state index contributed by atoms with van der Waals surface area (Å²) in [6.07, 6.45) is 12.6. The van der Waals surface area contributed by atoms with Crippen LogP contribution in [-0.4, -0.2) is 95.7 Å². The minimum absolute atomic E-state index is 0.0336. The first-order valence-corrected chi connectivity index (χ1v) is 19.1. The molecule has 4 N–H and O–H groups in total. The molecule has 1 fully saturated rings. The standard InChI is InChI=1S/C41H60N6O6/c1-25(2)20-32(45-41(52)38(26(3)4)46(6)7)40(51)44-33(21-28-14-10-9-11-15-28)39(50)43-27(5)18-19-36(48)47-34(35(53-8)23-37(47)49)22-29-24-42-31-17-13-12-16-30(29)31/h12-13,16-19,23-28,32-34,38,42H,9-11,14-15,20-22H2,1-8H3,(H,43,50)(H,44,51)(H,45,52)/t27-,32-,33-,34-,38-/m0/s1. The fraction of sp³-hybridized carbons (Fsp3) is 0.585. The highest BCUT2D eigenvalue weighted by atomic mass is 16.5. The second-order valence-electron chi connectivity index (χ2n) is 15.7. The number of methoxy groups -OCH3 is 1. The molecule has 2 aromatic rings. The SMILES string of the molecule is COC1=CC(=O)N(C(=O)C=C[C@H](C)NC(=O)[C@H](CC2CCCCC2)NC(=O)[C@H](CC(C)C)NC(=O)[C@H](C(C)C)N(C)C)[C@H]1Cc1c[nH]c2ccccc12. The number of H-pyrrole nitrogens is 1. The van der Waals surface area contributed by atoms with E-state index in [0.717, 1.165) is 48.6 Å². The molecule has 290 valence electrons. The van der Waals surface area contributed by atoms with Crippen LogP contribution < -0.4 is 16.0 Å². The van der Waals surface area contributed by atoms with Gasteiger partial charge in [0.2, 0.25) is 17.7 Å². The molecule has 1 aromatic heterocycles. The molecule has 0 saturated heterocycles. The maximum Gasteiger partial charge on any atom is 0.257 e. The molecular weight excluding hydrogens is 672 g/mol. The maximum absolute atomic E-state index is 13.9. The zero-order valence-electron chi connectivity index (χ0n) is 32.7. The average Bonchev–Trinajstić information content (AvgIpc) is 3.66. The van der Waals surface area contributed by atoms with E-state index in [0.29, 0.717) is 25.0 Å². The second kappa shape index (κ2) is 19.0. The van der Waals surface area contributed by atoms with Gasteiger partial charge in [-0.15, -0.1) is 0 Å². The van der Waals surface area contributed by atoms with E-state index in [1.807, 2.05) is 77.2 Å². The predicted octanol–water partition coefficient (Wildman–Crippen LogP) is 4.61. The van der Waals surface area contributed by atoms with Gasteiger partial charge in [0.15, 0.2) is 0 Å². The minimum Gasteiger partial charge on any atom is -0.499 e. The monoisotopic (exact) mass is 732 g/mol. The summed E-state index contributed by atoms with van der Waals surface area (Å²) in [5.74, 6) is -1.15. The minimum atomic E-state index is -0.826. The molecule has 12 nitrogen and oxygen atoms in total. The molecule has 1 saturated carbocycles. The molecule has 0 unspecified atom stereocenters. The largest absolute Gasteiger partial charge is 0.499 e. The summed E-state index contributed by atoms with van der Waals surface area (Å²) < 4.78 is 5.52. The average molecular weight is 733 g/mol. The Bertz CT molecular complexity index is 1650. The molecular formula is C41H60N6O6. The van der Waals surface area contributed by atoms with Crippen molar-refractivity contribution in [3.63, 3.8) is 0 Å². The normalized spacial score (nSPS) is 19.1. The van der Waals surface area contributed by atoms with Gasteiger partial charge in [-0.25, -0.2) is 0 Å². The molecule has 53 heavy (non-hydrogen) atoms. The molecule has 0 spiro atoms. The van der Waals surface area contributed by atoms with Crippen LogP contribution in [0.5, 0.6) is 0 Å². The zero-order valence-corrected chi connectivity index (χ0v) is 32.7. The Morgan fingerprint density at radius 3 is 2.25 bits per heavy atom. The summed E-state index contributed by atoms with van der Waals surface area (Å²) in [6, 6.07) is 4.57. The van der Waals surface area contributed by atoms with Crippen molar-refractivity contribution in [3.05, 3.63) is 60.0 Å². The molecule has 0 radical (unpaired) electrons. The quantitative estimate of drug-likeness (QED) is 0.173. The van der Waals surface area contributed by atoms with Crippen molar-refractivity contribution >= 4 is 40.4 Å². The molecule has 4 rings (SSSR count). The Kier molecular flexibility index (Phi) is 14.8. The third-order valence-corrected chi connectivity index (χ3v) is 10.3. The number of ether oxygens (including phenoxy) is 1. The molecule has 0 bridgehead atoms. The number of nitrogens with zero attached hydrogens (tertiary/aromatic N) is 2. The first-order valence-electron chi connectivity index (χ1n) is 19.1. The summed E-state index contributed by atoms with van der Waals surface area (Å²) in [4.78, 5) is 73.9. The molecule has 2 aliphatic rings. The number of rotatable bonds is 17. The molecule has 12 heteroatoms. The fourth-order valence-electron chi connectivity index (χ4n) is 7.76. The highest BCUT2D eigenvalue weighted by Crippen LogP contribution is 2.29. The Hall–Kier alpha value is -4.45. The number of benzene rings is 1. The maximum atomic E-state index is 13.9. The van der Waals surface area contributed by atoms with Gasteiger partial charge < -0.3 is 25.7 Å². The van der Waals surface area contributed by atoms with Gasteiger partial charge in [0.05, 0.1) is 13.2 Å². The number of amides is 5. The van der Waals surface area contributed by atoms with Gasteiger partial charge in [0.1, 0.15) is 23.9 Å². The zero-order chi connectivity index (χ0) is 38.8. The predicted molar refractivity (Wildman–Crippen MR) is 206 cm³/mol. The second-order valence-corrected chi connectivity index (χ2v) is 15.7. The Morgan fingerprint density at radius 1 is 0.943 bits per heavy atom. The van der Waals surface area contributed by atoms with Crippen LogP contribution >= 0.6 is 0 Å². The number of fused-ring (bicyclic) bond motifs is 1. The van der Waals surface area contributed by atoms with Crippen LogP contribution in [0.1, 0.15) is 85.1 Å². The number of nitrogens with one attached hydrogen (secondary N) is 4. The van der Waals surface area contributed by atoms with Crippen molar-refractivity contribution < 1.29 is 28.7 Å². The van der Waals surface area contributed by atoms with Crippen LogP contribution in [-0.2, 0) is 35.1 Å². The lowest BCUT2D eigenvalue weighted by Crippen LogP contribution is -2.57. The van der Waals surface area contributed by atoms with E-state index in [1.165, 1.54) is 24.2 Å². The number of carbonyl (C=O) groups excluding carboxylic acids is 5. The summed E-state index contributed by atoms with van der Waals surface area (Å²) in [7, 11) is 5.17. The van der Waals surface area contributed by atoms with Gasteiger partial charge in [-0.1, -0.05) is 84.1 Å². The summed E-state index contributed by atoms with van der Waals surface area (Å²) >= 11 is 0. The number of imide groups is 1. The van der Waals surface area contributed by atoms with Crippen molar-refractivity contribution in [1.82, 2.24) is 30.7 Å². The lowest BCUT2D eigenvalue weighted by atomic mass is 9.84. The topological polar surface area (TPSA) is 153 Å². The number of likely N-dealkylation sites (N-methyl/N-ethyl adjacent to an activating group) is 1. The van der Waals surface area contributed by atoms with E-state index >= 15 is 0 Å². The van der Waals surface area contributed by atoms with Gasteiger partial charge in [-0.2, -0.15) is 0 Å². The van der Waals surface area contributed by atoms with Gasteiger partial charge >= 0.3 is 0 Å². The molecule has 1 aliphatic heterocycles. The Balaban J connectivity index is 1.46. The van der Waals surface area contributed by atoms with E-state index in [4.69, 9.17) is 4.74 Å². The van der Waals surface area contributed by atoms with Crippen LogP contribution in [0.25, 0.3) is 10.9 Å². The Labute approximate surface area is 314 Å². The first-order chi connectivity index (χ1) is 25.2. The molecule has 1 aliphatic carbocycles. The van der Waals surface area contributed by atoms with Crippen LogP contribution in [0.15, 0.2) is 54.4 Å². The summed E-state index contributed by atoms with van der Waals surface area (Å²) in [6.45, 7) is 9.66. The molecule has 5 atom stereocenters. The highest BCUT2D eigenvalue weighted by molar-refractivity contribution is 6.08. The number of para-hydroxylation sites is 1. The van der Waals surface area contributed by atoms with Gasteiger partial charge in [-0.3, -0.25) is 33.8 Å². The third kappa shape index (κ3) is 11.0. The van der Waals surface area contributed by atoms with Gasteiger partial charge in [-0.05, 0) is 63.2 Å². The number of aromatic nitrogens is 1. The first kappa shape index (κ1) is 41.3. The van der Waals surface area contributed by atoms with E-state index in [2.05, 4.69) is 20.9 Å². The van der Waals surface area contributed by atoms with E-state index in [9.17, 15) is 24.0 Å².